The van der Waals surface area contributed by atoms with E-state index in [-0.39, 0.29) is 12.0 Å². The van der Waals surface area contributed by atoms with Crippen LogP contribution in [0.2, 0.25) is 0 Å². The van der Waals surface area contributed by atoms with Crippen LogP contribution in [0.5, 0.6) is 0 Å². The summed E-state index contributed by atoms with van der Waals surface area (Å²) in [5.41, 5.74) is 1.23. The first-order valence-electron chi connectivity index (χ1n) is 7.06. The molecule has 0 saturated heterocycles. The molecule has 3 heteroatoms. The second-order valence-corrected chi connectivity index (χ2v) is 5.14. The lowest BCUT2D eigenvalue weighted by molar-refractivity contribution is -0.144. The van der Waals surface area contributed by atoms with Crippen LogP contribution in [-0.4, -0.2) is 18.6 Å². The third-order valence-corrected chi connectivity index (χ3v) is 3.07. The summed E-state index contributed by atoms with van der Waals surface area (Å²) in [6.07, 6.45) is 1.31. The molecule has 1 rings (SSSR count). The minimum Gasteiger partial charge on any atom is -0.466 e. The minimum atomic E-state index is -0.110. The van der Waals surface area contributed by atoms with Crippen molar-refractivity contribution in [3.8, 4) is 0 Å². The van der Waals surface area contributed by atoms with Crippen LogP contribution in [0.4, 0.5) is 0 Å². The van der Waals surface area contributed by atoms with Crippen LogP contribution in [0.1, 0.15) is 39.2 Å². The highest BCUT2D eigenvalue weighted by Gasteiger charge is 2.17. The van der Waals surface area contributed by atoms with E-state index in [2.05, 4.69) is 31.3 Å². The van der Waals surface area contributed by atoms with E-state index in [1.165, 1.54) is 5.56 Å². The lowest BCUT2D eigenvalue weighted by atomic mass is 10.0. The molecule has 1 N–H and O–H groups in total. The third-order valence-electron chi connectivity index (χ3n) is 3.07. The van der Waals surface area contributed by atoms with Gasteiger partial charge in [-0.05, 0) is 17.9 Å². The molecule has 0 aliphatic rings. The molecule has 1 unspecified atom stereocenters. The molecule has 0 heterocycles. The number of nitrogens with one attached hydrogen (secondary N) is 1. The lowest BCUT2D eigenvalue weighted by Gasteiger charge is -2.21. The molecule has 0 bridgehead atoms. The van der Waals surface area contributed by atoms with E-state index in [4.69, 9.17) is 4.74 Å². The first-order valence-corrected chi connectivity index (χ1v) is 7.06. The summed E-state index contributed by atoms with van der Waals surface area (Å²) in [4.78, 5) is 11.7. The zero-order chi connectivity index (χ0) is 14.1. The highest BCUT2D eigenvalue weighted by atomic mass is 16.5. The molecule has 0 aromatic heterocycles. The molecule has 1 aromatic carbocycles. The minimum absolute atomic E-state index is 0.110. The summed E-state index contributed by atoms with van der Waals surface area (Å²) < 4.78 is 5.14. The number of esters is 1. The van der Waals surface area contributed by atoms with Crippen LogP contribution < -0.4 is 5.32 Å². The molecule has 0 fully saturated rings. The average Bonchev–Trinajstić information content (AvgIpc) is 2.42. The standard InChI is InChI=1S/C16H25NO2/c1-4-10-19-16(18)11-15(13(2)3)17-12-14-8-6-5-7-9-14/h5-9,13,15,17H,4,10-12H2,1-3H3. The number of carbonyl (C=O) groups is 1. The maximum absolute atomic E-state index is 11.7. The first kappa shape index (κ1) is 15.7. The maximum Gasteiger partial charge on any atom is 0.307 e. The van der Waals surface area contributed by atoms with Gasteiger partial charge in [-0.25, -0.2) is 0 Å². The van der Waals surface area contributed by atoms with E-state index in [0.29, 0.717) is 18.9 Å². The van der Waals surface area contributed by atoms with Crippen molar-refractivity contribution in [3.05, 3.63) is 35.9 Å². The van der Waals surface area contributed by atoms with E-state index < -0.39 is 0 Å². The van der Waals surface area contributed by atoms with Crippen molar-refractivity contribution in [3.63, 3.8) is 0 Å². The number of hydrogen-bond donors (Lipinski definition) is 1. The Kier molecular flexibility index (Phi) is 7.19. The second kappa shape index (κ2) is 8.70. The fourth-order valence-corrected chi connectivity index (χ4v) is 1.84. The average molecular weight is 263 g/mol. The summed E-state index contributed by atoms with van der Waals surface area (Å²) in [7, 11) is 0. The van der Waals surface area contributed by atoms with Gasteiger partial charge in [-0.1, -0.05) is 51.1 Å². The van der Waals surface area contributed by atoms with Crippen molar-refractivity contribution in [1.29, 1.82) is 0 Å². The van der Waals surface area contributed by atoms with Gasteiger partial charge >= 0.3 is 5.97 Å². The van der Waals surface area contributed by atoms with Crippen molar-refractivity contribution in [2.75, 3.05) is 6.61 Å². The van der Waals surface area contributed by atoms with Gasteiger partial charge in [0.2, 0.25) is 0 Å². The van der Waals surface area contributed by atoms with Crippen LogP contribution in [0.25, 0.3) is 0 Å². The highest BCUT2D eigenvalue weighted by molar-refractivity contribution is 5.70. The topological polar surface area (TPSA) is 38.3 Å². The van der Waals surface area contributed by atoms with Gasteiger partial charge in [0.15, 0.2) is 0 Å². The molecule has 0 aliphatic heterocycles. The third kappa shape index (κ3) is 6.39. The molecule has 0 saturated carbocycles. The first-order chi connectivity index (χ1) is 9.13. The van der Waals surface area contributed by atoms with Gasteiger partial charge in [0, 0.05) is 12.6 Å². The van der Waals surface area contributed by atoms with Gasteiger partial charge in [0.05, 0.1) is 13.0 Å². The molecular weight excluding hydrogens is 238 g/mol. The largest absolute Gasteiger partial charge is 0.466 e. The Morgan fingerprint density at radius 2 is 1.95 bits per heavy atom. The van der Waals surface area contributed by atoms with Gasteiger partial charge < -0.3 is 10.1 Å². The molecule has 1 aromatic rings. The van der Waals surface area contributed by atoms with Crippen LogP contribution in [0, 0.1) is 5.92 Å². The van der Waals surface area contributed by atoms with Crippen LogP contribution in [0.15, 0.2) is 30.3 Å². The Hall–Kier alpha value is -1.35. The van der Waals surface area contributed by atoms with Crippen molar-refractivity contribution < 1.29 is 9.53 Å². The van der Waals surface area contributed by atoms with Crippen molar-refractivity contribution in [2.24, 2.45) is 5.92 Å². The van der Waals surface area contributed by atoms with E-state index in [1.54, 1.807) is 0 Å². The number of carbonyl (C=O) groups excluding carboxylic acids is 1. The molecule has 1 atom stereocenters. The summed E-state index contributed by atoms with van der Waals surface area (Å²) >= 11 is 0. The molecule has 19 heavy (non-hydrogen) atoms. The van der Waals surface area contributed by atoms with Gasteiger partial charge in [-0.3, -0.25) is 4.79 Å². The number of ether oxygens (including phenoxy) is 1. The van der Waals surface area contributed by atoms with Crippen LogP contribution in [0.3, 0.4) is 0 Å². The number of rotatable bonds is 8. The van der Waals surface area contributed by atoms with E-state index in [0.717, 1.165) is 13.0 Å². The highest BCUT2D eigenvalue weighted by Crippen LogP contribution is 2.09. The molecule has 0 amide bonds. The zero-order valence-electron chi connectivity index (χ0n) is 12.2. The van der Waals surface area contributed by atoms with Gasteiger partial charge in [0.25, 0.3) is 0 Å². The Balaban J connectivity index is 2.42. The fourth-order valence-electron chi connectivity index (χ4n) is 1.84. The lowest BCUT2D eigenvalue weighted by Crippen LogP contribution is -2.36. The van der Waals surface area contributed by atoms with E-state index in [1.807, 2.05) is 25.1 Å². The second-order valence-electron chi connectivity index (χ2n) is 5.14. The number of hydrogen-bond acceptors (Lipinski definition) is 3. The molecule has 0 spiro atoms. The molecule has 3 nitrogen and oxygen atoms in total. The van der Waals surface area contributed by atoms with Crippen molar-refractivity contribution in [1.82, 2.24) is 5.32 Å². The Labute approximate surface area is 116 Å². The predicted octanol–water partition coefficient (Wildman–Crippen LogP) is 3.14. The quantitative estimate of drug-likeness (QED) is 0.732. The maximum atomic E-state index is 11.7. The Bertz CT molecular complexity index is 362. The number of benzene rings is 1. The van der Waals surface area contributed by atoms with Crippen LogP contribution in [-0.2, 0) is 16.1 Å². The predicted molar refractivity (Wildman–Crippen MR) is 77.8 cm³/mol. The summed E-state index contributed by atoms with van der Waals surface area (Å²) in [6, 6.07) is 10.4. The molecule has 0 aliphatic carbocycles. The van der Waals surface area contributed by atoms with Gasteiger partial charge in [0.1, 0.15) is 0 Å². The molecular formula is C16H25NO2. The van der Waals surface area contributed by atoms with E-state index >= 15 is 0 Å². The van der Waals surface area contributed by atoms with E-state index in [9.17, 15) is 4.79 Å². The molecule has 106 valence electrons. The van der Waals surface area contributed by atoms with Gasteiger partial charge in [-0.2, -0.15) is 0 Å². The SMILES string of the molecule is CCCOC(=O)CC(NCc1ccccc1)C(C)C. The van der Waals surface area contributed by atoms with Crippen molar-refractivity contribution in [2.45, 2.75) is 46.2 Å². The smallest absolute Gasteiger partial charge is 0.307 e. The Morgan fingerprint density at radius 1 is 1.26 bits per heavy atom. The fraction of sp³-hybridized carbons (Fsp3) is 0.562. The summed E-state index contributed by atoms with van der Waals surface area (Å²) in [6.45, 7) is 7.54. The molecule has 0 radical (unpaired) electrons. The van der Waals surface area contributed by atoms with Gasteiger partial charge in [-0.15, -0.1) is 0 Å². The van der Waals surface area contributed by atoms with Crippen LogP contribution >= 0.6 is 0 Å². The van der Waals surface area contributed by atoms with Crippen molar-refractivity contribution >= 4 is 5.97 Å². The summed E-state index contributed by atoms with van der Waals surface area (Å²) in [5.74, 6) is 0.291. The summed E-state index contributed by atoms with van der Waals surface area (Å²) in [5, 5.41) is 3.44. The normalized spacial score (nSPS) is 12.4. The zero-order valence-corrected chi connectivity index (χ0v) is 12.2. The Morgan fingerprint density at radius 3 is 2.53 bits per heavy atom. The monoisotopic (exact) mass is 263 g/mol.